The quantitative estimate of drug-likeness (QED) is 0.698. The normalized spacial score (nSPS) is 13.9. The average Bonchev–Trinajstić information content (AvgIpc) is 2.92. The first-order chi connectivity index (χ1) is 8.28. The molecule has 0 radical (unpaired) electrons. The highest BCUT2D eigenvalue weighted by atomic mass is 16.5. The molecule has 0 aliphatic heterocycles. The van der Waals surface area contributed by atoms with Gasteiger partial charge < -0.3 is 4.74 Å². The molecule has 0 atom stereocenters. The van der Waals surface area contributed by atoms with Gasteiger partial charge in [-0.1, -0.05) is 0 Å². The van der Waals surface area contributed by atoms with E-state index in [-0.39, 0.29) is 12.4 Å². The Balaban J connectivity index is 2.04. The van der Waals surface area contributed by atoms with E-state index >= 15 is 0 Å². The van der Waals surface area contributed by atoms with E-state index in [2.05, 4.69) is 19.8 Å². The van der Waals surface area contributed by atoms with Crippen LogP contribution in [0.25, 0.3) is 5.78 Å². The zero-order chi connectivity index (χ0) is 11.8. The molecule has 0 bridgehead atoms. The van der Waals surface area contributed by atoms with E-state index < -0.39 is 0 Å². The van der Waals surface area contributed by atoms with Crippen molar-refractivity contribution in [2.45, 2.75) is 25.7 Å². The van der Waals surface area contributed by atoms with Crippen LogP contribution >= 0.6 is 0 Å². The minimum absolute atomic E-state index is 0.0919. The first-order valence-electron chi connectivity index (χ1n) is 5.57. The second kappa shape index (κ2) is 3.80. The van der Waals surface area contributed by atoms with Gasteiger partial charge in [0, 0.05) is 6.20 Å². The molecule has 2 aromatic rings. The van der Waals surface area contributed by atoms with E-state index in [4.69, 9.17) is 0 Å². The topological polar surface area (TPSA) is 69.4 Å². The van der Waals surface area contributed by atoms with Crippen LogP contribution in [0.4, 0.5) is 0 Å². The van der Waals surface area contributed by atoms with Gasteiger partial charge in [0.1, 0.15) is 6.42 Å². The summed E-state index contributed by atoms with van der Waals surface area (Å²) in [5.74, 6) is 0.687. The van der Waals surface area contributed by atoms with Gasteiger partial charge in [-0.15, -0.1) is 5.10 Å². The first-order valence-corrected chi connectivity index (χ1v) is 5.57. The lowest BCUT2D eigenvalue weighted by molar-refractivity contribution is -0.139. The number of fused-ring (bicyclic) bond motifs is 3. The second-order valence-electron chi connectivity index (χ2n) is 4.08. The molecule has 88 valence electrons. The van der Waals surface area contributed by atoms with E-state index in [1.807, 2.05) is 6.20 Å². The lowest BCUT2D eigenvalue weighted by Gasteiger charge is -1.99. The van der Waals surface area contributed by atoms with E-state index in [9.17, 15) is 4.79 Å². The molecule has 0 fully saturated rings. The largest absolute Gasteiger partial charge is 0.469 e. The van der Waals surface area contributed by atoms with Gasteiger partial charge in [0.15, 0.2) is 5.82 Å². The van der Waals surface area contributed by atoms with Crippen LogP contribution in [0, 0.1) is 0 Å². The number of hydrogen-bond donors (Lipinski definition) is 0. The van der Waals surface area contributed by atoms with Gasteiger partial charge in [-0.25, -0.2) is 9.50 Å². The standard InChI is InChI=1S/C11H12N4O2/c1-17-10(16)5-9-13-11-12-6-7-3-2-4-8(7)15(11)14-9/h6H,2-5H2,1H3. The van der Waals surface area contributed by atoms with Crippen molar-refractivity contribution < 1.29 is 9.53 Å². The number of methoxy groups -OCH3 is 1. The highest BCUT2D eigenvalue weighted by Crippen LogP contribution is 2.20. The fourth-order valence-electron chi connectivity index (χ4n) is 2.15. The number of nitrogens with zero attached hydrogens (tertiary/aromatic N) is 4. The van der Waals surface area contributed by atoms with E-state index in [1.165, 1.54) is 18.4 Å². The highest BCUT2D eigenvalue weighted by Gasteiger charge is 2.18. The number of rotatable bonds is 2. The van der Waals surface area contributed by atoms with Crippen molar-refractivity contribution in [1.29, 1.82) is 0 Å². The van der Waals surface area contributed by atoms with Crippen LogP contribution in [0.2, 0.25) is 0 Å². The fourth-order valence-corrected chi connectivity index (χ4v) is 2.15. The summed E-state index contributed by atoms with van der Waals surface area (Å²) < 4.78 is 6.34. The van der Waals surface area contributed by atoms with Crippen LogP contribution in [0.3, 0.4) is 0 Å². The number of aromatic nitrogens is 4. The lowest BCUT2D eigenvalue weighted by atomic mass is 10.3. The Morgan fingerprint density at radius 1 is 1.53 bits per heavy atom. The van der Waals surface area contributed by atoms with Gasteiger partial charge >= 0.3 is 5.97 Å². The summed E-state index contributed by atoms with van der Waals surface area (Å²) >= 11 is 0. The zero-order valence-electron chi connectivity index (χ0n) is 9.51. The molecule has 1 aliphatic rings. The summed E-state index contributed by atoms with van der Waals surface area (Å²) in [6, 6.07) is 0. The van der Waals surface area contributed by atoms with E-state index in [0.29, 0.717) is 11.6 Å². The molecule has 0 saturated heterocycles. The van der Waals surface area contributed by atoms with Gasteiger partial charge in [0.05, 0.1) is 12.8 Å². The Labute approximate surface area is 97.6 Å². The van der Waals surface area contributed by atoms with Gasteiger partial charge in [0.2, 0.25) is 0 Å². The summed E-state index contributed by atoms with van der Waals surface area (Å²) in [5, 5.41) is 4.31. The third-order valence-electron chi connectivity index (χ3n) is 2.99. The van der Waals surface area contributed by atoms with Crippen molar-refractivity contribution in [2.75, 3.05) is 7.11 Å². The number of carbonyl (C=O) groups is 1. The summed E-state index contributed by atoms with van der Waals surface area (Å²) in [5.41, 5.74) is 2.39. The van der Waals surface area contributed by atoms with Crippen molar-refractivity contribution in [3.63, 3.8) is 0 Å². The van der Waals surface area contributed by atoms with Crippen LogP contribution in [0.5, 0.6) is 0 Å². The third kappa shape index (κ3) is 1.65. The number of ether oxygens (including phenoxy) is 1. The molecule has 1 aliphatic carbocycles. The number of carbonyl (C=O) groups excluding carboxylic acids is 1. The minimum atomic E-state index is -0.336. The molecule has 2 heterocycles. The maximum Gasteiger partial charge on any atom is 0.313 e. The monoisotopic (exact) mass is 232 g/mol. The summed E-state index contributed by atoms with van der Waals surface area (Å²) in [6.07, 6.45) is 5.12. The predicted molar refractivity (Wildman–Crippen MR) is 58.5 cm³/mol. The van der Waals surface area contributed by atoms with Crippen molar-refractivity contribution in [2.24, 2.45) is 0 Å². The summed E-state index contributed by atoms with van der Waals surface area (Å²) in [4.78, 5) is 19.6. The van der Waals surface area contributed by atoms with Crippen molar-refractivity contribution in [1.82, 2.24) is 19.6 Å². The third-order valence-corrected chi connectivity index (χ3v) is 2.99. The highest BCUT2D eigenvalue weighted by molar-refractivity contribution is 5.71. The zero-order valence-corrected chi connectivity index (χ0v) is 9.51. The van der Waals surface area contributed by atoms with Gasteiger partial charge in [-0.05, 0) is 24.8 Å². The summed E-state index contributed by atoms with van der Waals surface area (Å²) in [7, 11) is 1.36. The molecule has 2 aromatic heterocycles. The van der Waals surface area contributed by atoms with Crippen LogP contribution in [0.1, 0.15) is 23.5 Å². The lowest BCUT2D eigenvalue weighted by Crippen LogP contribution is -2.06. The van der Waals surface area contributed by atoms with Crippen molar-refractivity contribution in [3.05, 3.63) is 23.3 Å². The Morgan fingerprint density at radius 2 is 2.41 bits per heavy atom. The molecule has 0 unspecified atom stereocenters. The van der Waals surface area contributed by atoms with Gasteiger partial charge in [0.25, 0.3) is 5.78 Å². The fraction of sp³-hybridized carbons (Fsp3) is 0.455. The van der Waals surface area contributed by atoms with Crippen LogP contribution in [-0.4, -0.2) is 32.7 Å². The molecular weight excluding hydrogens is 220 g/mol. The summed E-state index contributed by atoms with van der Waals surface area (Å²) in [6.45, 7) is 0. The average molecular weight is 232 g/mol. The predicted octanol–water partition coefficient (Wildman–Crippen LogP) is 0.328. The van der Waals surface area contributed by atoms with Gasteiger partial charge in [-0.3, -0.25) is 4.79 Å². The molecule has 6 heteroatoms. The van der Waals surface area contributed by atoms with Crippen molar-refractivity contribution in [3.8, 4) is 0 Å². The van der Waals surface area contributed by atoms with E-state index in [1.54, 1.807) is 4.52 Å². The van der Waals surface area contributed by atoms with Crippen LogP contribution in [-0.2, 0) is 28.8 Å². The molecule has 0 saturated carbocycles. The van der Waals surface area contributed by atoms with Crippen LogP contribution in [0.15, 0.2) is 6.20 Å². The first kappa shape index (κ1) is 10.2. The Morgan fingerprint density at radius 3 is 3.24 bits per heavy atom. The Hall–Kier alpha value is -1.98. The molecule has 17 heavy (non-hydrogen) atoms. The molecule has 0 aromatic carbocycles. The smallest absolute Gasteiger partial charge is 0.313 e. The molecule has 6 nitrogen and oxygen atoms in total. The Bertz CT molecular complexity index is 590. The molecular formula is C11H12N4O2. The minimum Gasteiger partial charge on any atom is -0.469 e. The molecule has 0 spiro atoms. The number of esters is 1. The maximum atomic E-state index is 11.2. The maximum absolute atomic E-state index is 11.2. The Kier molecular flexibility index (Phi) is 2.28. The molecule has 0 N–H and O–H groups in total. The van der Waals surface area contributed by atoms with Crippen molar-refractivity contribution >= 4 is 11.7 Å². The van der Waals surface area contributed by atoms with E-state index in [0.717, 1.165) is 19.3 Å². The van der Waals surface area contributed by atoms with Crippen LogP contribution < -0.4 is 0 Å². The number of hydrogen-bond acceptors (Lipinski definition) is 5. The SMILES string of the molecule is COC(=O)Cc1nc2ncc3c(n2n1)CCC3. The van der Waals surface area contributed by atoms with Gasteiger partial charge in [-0.2, -0.15) is 4.98 Å². The molecule has 0 amide bonds. The number of aryl methyl sites for hydroxylation is 2. The second-order valence-corrected chi connectivity index (χ2v) is 4.08. The molecule has 3 rings (SSSR count).